The number of rotatable bonds is 5. The quantitative estimate of drug-likeness (QED) is 0.737. The minimum absolute atomic E-state index is 0.0614. The highest BCUT2D eigenvalue weighted by molar-refractivity contribution is 5.91. The molecule has 4 rings (SSSR count). The number of anilines is 2. The molecule has 0 bridgehead atoms. The number of piperazine rings is 1. The van der Waals surface area contributed by atoms with Gasteiger partial charge < -0.3 is 19.5 Å². The van der Waals surface area contributed by atoms with Gasteiger partial charge in [-0.15, -0.1) is 0 Å². The molecular formula is C21H23N5O2. The normalized spacial score (nSPS) is 14.2. The molecule has 0 atom stereocenters. The van der Waals surface area contributed by atoms with Crippen molar-refractivity contribution in [2.24, 2.45) is 0 Å². The predicted octanol–water partition coefficient (Wildman–Crippen LogP) is 2.95. The smallest absolute Gasteiger partial charge is 0.289 e. The van der Waals surface area contributed by atoms with E-state index in [0.29, 0.717) is 31.3 Å². The fourth-order valence-electron chi connectivity index (χ4n) is 3.26. The second-order valence-corrected chi connectivity index (χ2v) is 6.79. The number of furan rings is 1. The van der Waals surface area contributed by atoms with Gasteiger partial charge in [0.25, 0.3) is 5.91 Å². The molecular weight excluding hydrogens is 354 g/mol. The number of nitrogens with zero attached hydrogens (tertiary/aromatic N) is 4. The molecule has 1 aliphatic heterocycles. The van der Waals surface area contributed by atoms with Crippen molar-refractivity contribution in [3.8, 4) is 0 Å². The molecule has 1 aromatic carbocycles. The maximum Gasteiger partial charge on any atom is 0.289 e. The van der Waals surface area contributed by atoms with Crippen LogP contribution in [0.4, 0.5) is 11.8 Å². The molecule has 0 spiro atoms. The Bertz CT molecular complexity index is 919. The van der Waals surface area contributed by atoms with Gasteiger partial charge in [0.1, 0.15) is 5.82 Å². The number of carbonyl (C=O) groups excluding carboxylic acids is 1. The number of aromatic nitrogens is 2. The van der Waals surface area contributed by atoms with Gasteiger partial charge in [-0.1, -0.05) is 30.3 Å². The summed E-state index contributed by atoms with van der Waals surface area (Å²) in [5.41, 5.74) is 2.09. The van der Waals surface area contributed by atoms with Gasteiger partial charge in [0.05, 0.1) is 6.26 Å². The van der Waals surface area contributed by atoms with Gasteiger partial charge >= 0.3 is 0 Å². The SMILES string of the molecule is Cc1cc(N2CCN(C(=O)c3ccco3)CC2)nc(NCc2ccccc2)n1. The number of amides is 1. The first-order valence-corrected chi connectivity index (χ1v) is 9.40. The molecule has 0 unspecified atom stereocenters. The number of benzene rings is 1. The zero-order valence-corrected chi connectivity index (χ0v) is 15.8. The highest BCUT2D eigenvalue weighted by Gasteiger charge is 2.24. The summed E-state index contributed by atoms with van der Waals surface area (Å²) in [6.07, 6.45) is 1.52. The van der Waals surface area contributed by atoms with E-state index in [0.717, 1.165) is 24.6 Å². The van der Waals surface area contributed by atoms with Crippen molar-refractivity contribution in [2.45, 2.75) is 13.5 Å². The summed E-state index contributed by atoms with van der Waals surface area (Å²) in [6, 6.07) is 15.6. The van der Waals surface area contributed by atoms with Gasteiger partial charge in [0.2, 0.25) is 5.95 Å². The molecule has 1 aliphatic rings. The monoisotopic (exact) mass is 377 g/mol. The Labute approximate surface area is 164 Å². The Kier molecular flexibility index (Phi) is 5.23. The Balaban J connectivity index is 1.39. The maximum atomic E-state index is 12.4. The summed E-state index contributed by atoms with van der Waals surface area (Å²) in [7, 11) is 0. The molecule has 0 saturated carbocycles. The molecule has 3 heterocycles. The highest BCUT2D eigenvalue weighted by atomic mass is 16.3. The fourth-order valence-corrected chi connectivity index (χ4v) is 3.26. The van der Waals surface area contributed by atoms with Gasteiger partial charge in [-0.05, 0) is 24.6 Å². The van der Waals surface area contributed by atoms with Crippen molar-refractivity contribution in [1.29, 1.82) is 0 Å². The van der Waals surface area contributed by atoms with E-state index in [1.54, 1.807) is 12.1 Å². The molecule has 1 saturated heterocycles. The van der Waals surface area contributed by atoms with Gasteiger partial charge in [0, 0.05) is 44.5 Å². The Morgan fingerprint density at radius 3 is 2.57 bits per heavy atom. The van der Waals surface area contributed by atoms with Crippen LogP contribution >= 0.6 is 0 Å². The van der Waals surface area contributed by atoms with E-state index in [1.807, 2.05) is 36.1 Å². The van der Waals surface area contributed by atoms with Crippen LogP contribution in [0.5, 0.6) is 0 Å². The van der Waals surface area contributed by atoms with Crippen molar-refractivity contribution < 1.29 is 9.21 Å². The fraction of sp³-hybridized carbons (Fsp3) is 0.286. The predicted molar refractivity (Wildman–Crippen MR) is 107 cm³/mol. The van der Waals surface area contributed by atoms with Crippen LogP contribution in [0.3, 0.4) is 0 Å². The molecule has 28 heavy (non-hydrogen) atoms. The van der Waals surface area contributed by atoms with Crippen LogP contribution in [0.1, 0.15) is 21.8 Å². The lowest BCUT2D eigenvalue weighted by atomic mass is 10.2. The average molecular weight is 377 g/mol. The molecule has 3 aromatic rings. The molecule has 1 amide bonds. The Morgan fingerprint density at radius 2 is 1.86 bits per heavy atom. The topological polar surface area (TPSA) is 74.5 Å². The zero-order valence-electron chi connectivity index (χ0n) is 15.8. The Hall–Kier alpha value is -3.35. The van der Waals surface area contributed by atoms with Crippen LogP contribution in [0.25, 0.3) is 0 Å². The van der Waals surface area contributed by atoms with Crippen LogP contribution in [-0.4, -0.2) is 47.0 Å². The van der Waals surface area contributed by atoms with E-state index in [2.05, 4.69) is 32.3 Å². The first-order chi connectivity index (χ1) is 13.7. The third-order valence-corrected chi connectivity index (χ3v) is 4.76. The highest BCUT2D eigenvalue weighted by Crippen LogP contribution is 2.18. The largest absolute Gasteiger partial charge is 0.459 e. The summed E-state index contributed by atoms with van der Waals surface area (Å²) < 4.78 is 5.22. The minimum Gasteiger partial charge on any atom is -0.459 e. The second kappa shape index (κ2) is 8.12. The van der Waals surface area contributed by atoms with Crippen LogP contribution < -0.4 is 10.2 Å². The van der Waals surface area contributed by atoms with E-state index >= 15 is 0 Å². The van der Waals surface area contributed by atoms with E-state index < -0.39 is 0 Å². The number of carbonyl (C=O) groups is 1. The zero-order chi connectivity index (χ0) is 19.3. The first-order valence-electron chi connectivity index (χ1n) is 9.40. The van der Waals surface area contributed by atoms with Crippen molar-refractivity contribution in [2.75, 3.05) is 36.4 Å². The second-order valence-electron chi connectivity index (χ2n) is 6.79. The molecule has 0 aliphatic carbocycles. The van der Waals surface area contributed by atoms with E-state index in [1.165, 1.54) is 11.8 Å². The summed E-state index contributed by atoms with van der Waals surface area (Å²) in [6.45, 7) is 5.36. The summed E-state index contributed by atoms with van der Waals surface area (Å²) in [4.78, 5) is 25.6. The number of nitrogens with one attached hydrogen (secondary N) is 1. The van der Waals surface area contributed by atoms with Crippen molar-refractivity contribution >= 4 is 17.7 Å². The number of hydrogen-bond acceptors (Lipinski definition) is 6. The molecule has 2 aromatic heterocycles. The lowest BCUT2D eigenvalue weighted by molar-refractivity contribution is 0.0714. The third kappa shape index (κ3) is 4.14. The molecule has 1 fully saturated rings. The van der Waals surface area contributed by atoms with E-state index in [9.17, 15) is 4.79 Å². The van der Waals surface area contributed by atoms with Crippen LogP contribution in [0.2, 0.25) is 0 Å². The van der Waals surface area contributed by atoms with E-state index in [4.69, 9.17) is 4.42 Å². The molecule has 144 valence electrons. The number of aryl methyl sites for hydroxylation is 1. The first kappa shape index (κ1) is 18.0. The van der Waals surface area contributed by atoms with Gasteiger partial charge in [-0.3, -0.25) is 4.79 Å². The van der Waals surface area contributed by atoms with Crippen LogP contribution in [0, 0.1) is 6.92 Å². The average Bonchev–Trinajstić information content (AvgIpc) is 3.27. The molecule has 1 N–H and O–H groups in total. The third-order valence-electron chi connectivity index (χ3n) is 4.76. The minimum atomic E-state index is -0.0614. The summed E-state index contributed by atoms with van der Waals surface area (Å²) in [5, 5.41) is 3.30. The van der Waals surface area contributed by atoms with Crippen molar-refractivity contribution in [3.63, 3.8) is 0 Å². The van der Waals surface area contributed by atoms with E-state index in [-0.39, 0.29) is 5.91 Å². The molecule has 0 radical (unpaired) electrons. The summed E-state index contributed by atoms with van der Waals surface area (Å²) in [5.74, 6) is 1.83. The van der Waals surface area contributed by atoms with Gasteiger partial charge in [0.15, 0.2) is 5.76 Å². The van der Waals surface area contributed by atoms with Crippen molar-refractivity contribution in [1.82, 2.24) is 14.9 Å². The Morgan fingerprint density at radius 1 is 1.07 bits per heavy atom. The van der Waals surface area contributed by atoms with Gasteiger partial charge in [-0.25, -0.2) is 4.98 Å². The van der Waals surface area contributed by atoms with Crippen LogP contribution in [-0.2, 0) is 6.54 Å². The summed E-state index contributed by atoms with van der Waals surface area (Å²) >= 11 is 0. The number of hydrogen-bond donors (Lipinski definition) is 1. The maximum absolute atomic E-state index is 12.4. The van der Waals surface area contributed by atoms with Crippen LogP contribution in [0.15, 0.2) is 59.2 Å². The standard InChI is InChI=1S/C21H23N5O2/c1-16-14-19(24-21(23-16)22-15-17-6-3-2-4-7-17)25-9-11-26(12-10-25)20(27)18-8-5-13-28-18/h2-8,13-14H,9-12,15H2,1H3,(H,22,23,24). The lowest BCUT2D eigenvalue weighted by Crippen LogP contribution is -2.49. The lowest BCUT2D eigenvalue weighted by Gasteiger charge is -2.35. The molecule has 7 heteroatoms. The van der Waals surface area contributed by atoms with Gasteiger partial charge in [-0.2, -0.15) is 4.98 Å². The van der Waals surface area contributed by atoms with Crippen molar-refractivity contribution in [3.05, 3.63) is 71.8 Å². The molecule has 7 nitrogen and oxygen atoms in total.